The molecule has 158 valence electrons. The number of hydrogen-bond donors (Lipinski definition) is 1. The Balaban J connectivity index is 1.57. The summed E-state index contributed by atoms with van der Waals surface area (Å²) in [6.45, 7) is 0. The van der Waals surface area contributed by atoms with E-state index in [2.05, 4.69) is 10.1 Å². The molecule has 1 aliphatic heterocycles. The molecule has 3 amide bonds. The lowest BCUT2D eigenvalue weighted by atomic mass is 10.3. The van der Waals surface area contributed by atoms with Crippen molar-refractivity contribution in [1.29, 1.82) is 0 Å². The van der Waals surface area contributed by atoms with Crippen molar-refractivity contribution in [2.45, 2.75) is 17.2 Å². The SMILES string of the molecule is O=C(CSC1CC(=O)N(c2ccc(OC(F)(F)Cl)cc2)C1=O)Nc1ccc(Cl)cc1. The van der Waals surface area contributed by atoms with Crippen molar-refractivity contribution in [3.63, 3.8) is 0 Å². The maximum absolute atomic E-state index is 12.7. The fraction of sp³-hybridized carbons (Fsp3) is 0.211. The van der Waals surface area contributed by atoms with E-state index in [0.717, 1.165) is 16.7 Å². The number of nitrogens with zero attached hydrogens (tertiary/aromatic N) is 1. The topological polar surface area (TPSA) is 75.7 Å². The maximum Gasteiger partial charge on any atom is 0.487 e. The van der Waals surface area contributed by atoms with E-state index in [1.165, 1.54) is 24.3 Å². The van der Waals surface area contributed by atoms with Gasteiger partial charge >= 0.3 is 5.57 Å². The van der Waals surface area contributed by atoms with Crippen LogP contribution in [0.3, 0.4) is 0 Å². The highest BCUT2D eigenvalue weighted by Gasteiger charge is 2.40. The number of ether oxygens (including phenoxy) is 1. The molecule has 1 aliphatic rings. The lowest BCUT2D eigenvalue weighted by Crippen LogP contribution is -2.31. The number of thioether (sulfide) groups is 1. The molecule has 1 saturated heterocycles. The number of hydrogen-bond acceptors (Lipinski definition) is 5. The molecule has 0 bridgehead atoms. The minimum atomic E-state index is -3.87. The molecule has 30 heavy (non-hydrogen) atoms. The Morgan fingerprint density at radius 3 is 2.40 bits per heavy atom. The van der Waals surface area contributed by atoms with Crippen LogP contribution in [0.2, 0.25) is 5.02 Å². The van der Waals surface area contributed by atoms with Crippen LogP contribution in [0.1, 0.15) is 6.42 Å². The van der Waals surface area contributed by atoms with Crippen molar-refractivity contribution in [2.24, 2.45) is 0 Å². The Labute approximate surface area is 184 Å². The molecule has 11 heteroatoms. The van der Waals surface area contributed by atoms with E-state index < -0.39 is 22.6 Å². The Morgan fingerprint density at radius 2 is 1.80 bits per heavy atom. The quantitative estimate of drug-likeness (QED) is 0.471. The van der Waals surface area contributed by atoms with Gasteiger partial charge < -0.3 is 10.1 Å². The highest BCUT2D eigenvalue weighted by molar-refractivity contribution is 8.01. The van der Waals surface area contributed by atoms with Crippen molar-refractivity contribution in [3.05, 3.63) is 53.6 Å². The molecule has 1 unspecified atom stereocenters. The third kappa shape index (κ3) is 5.84. The first kappa shape index (κ1) is 22.3. The predicted molar refractivity (Wildman–Crippen MR) is 111 cm³/mol. The van der Waals surface area contributed by atoms with Crippen LogP contribution in [-0.4, -0.2) is 34.3 Å². The van der Waals surface area contributed by atoms with Gasteiger partial charge in [-0.2, -0.15) is 0 Å². The average Bonchev–Trinajstić information content (AvgIpc) is 2.95. The Kier molecular flexibility index (Phi) is 6.84. The Bertz CT molecular complexity index is 953. The summed E-state index contributed by atoms with van der Waals surface area (Å²) in [5.41, 5.74) is -3.09. The number of nitrogens with one attached hydrogen (secondary N) is 1. The number of halogens is 4. The number of carbonyl (C=O) groups excluding carboxylic acids is 3. The molecule has 0 aromatic heterocycles. The van der Waals surface area contributed by atoms with Crippen LogP contribution in [0.15, 0.2) is 48.5 Å². The first-order valence-corrected chi connectivity index (χ1v) is 10.3. The second-order valence-corrected chi connectivity index (χ2v) is 8.24. The summed E-state index contributed by atoms with van der Waals surface area (Å²) in [4.78, 5) is 37.9. The van der Waals surface area contributed by atoms with Crippen molar-refractivity contribution in [2.75, 3.05) is 16.0 Å². The third-order valence-corrected chi connectivity index (χ3v) is 5.51. The Morgan fingerprint density at radius 1 is 1.17 bits per heavy atom. The molecule has 0 aliphatic carbocycles. The summed E-state index contributed by atoms with van der Waals surface area (Å²) >= 11 is 11.5. The molecular formula is C19H14Cl2F2N2O4S. The molecule has 2 aromatic carbocycles. The first-order chi connectivity index (χ1) is 14.1. The number of carbonyl (C=O) groups is 3. The van der Waals surface area contributed by atoms with Crippen molar-refractivity contribution >= 4 is 64.1 Å². The first-order valence-electron chi connectivity index (χ1n) is 8.52. The summed E-state index contributed by atoms with van der Waals surface area (Å²) in [5, 5.41) is 2.48. The van der Waals surface area contributed by atoms with Gasteiger partial charge in [0.05, 0.1) is 16.7 Å². The van der Waals surface area contributed by atoms with Gasteiger partial charge in [0.1, 0.15) is 5.75 Å². The summed E-state index contributed by atoms with van der Waals surface area (Å²) < 4.78 is 29.5. The molecule has 0 saturated carbocycles. The zero-order valence-corrected chi connectivity index (χ0v) is 17.4. The third-order valence-electron chi connectivity index (χ3n) is 3.98. The van der Waals surface area contributed by atoms with Crippen LogP contribution >= 0.6 is 35.0 Å². The van der Waals surface area contributed by atoms with Crippen LogP contribution in [0.5, 0.6) is 5.75 Å². The van der Waals surface area contributed by atoms with Crippen molar-refractivity contribution < 1.29 is 27.9 Å². The standard InChI is InChI=1S/C19H14Cl2F2N2O4S/c20-11-1-3-12(4-2-11)24-16(26)10-30-15-9-17(27)25(18(15)28)13-5-7-14(8-6-13)29-19(21,22)23/h1-8,15H,9-10H2,(H,24,26). The van der Waals surface area contributed by atoms with E-state index in [0.29, 0.717) is 10.7 Å². The van der Waals surface area contributed by atoms with Crippen LogP contribution in [0.25, 0.3) is 0 Å². The smallest absolute Gasteiger partial charge is 0.420 e. The molecule has 0 spiro atoms. The average molecular weight is 475 g/mol. The monoisotopic (exact) mass is 474 g/mol. The zero-order valence-electron chi connectivity index (χ0n) is 15.1. The second kappa shape index (κ2) is 9.20. The minimum Gasteiger partial charge on any atom is -0.420 e. The van der Waals surface area contributed by atoms with E-state index in [4.69, 9.17) is 23.2 Å². The number of imide groups is 1. The van der Waals surface area contributed by atoms with Gasteiger partial charge in [0, 0.05) is 28.7 Å². The maximum atomic E-state index is 12.7. The number of rotatable bonds is 7. The van der Waals surface area contributed by atoms with E-state index in [9.17, 15) is 23.2 Å². The minimum absolute atomic E-state index is 0.0300. The van der Waals surface area contributed by atoms with Crippen molar-refractivity contribution in [1.82, 2.24) is 0 Å². The predicted octanol–water partition coefficient (Wildman–Crippen LogP) is 4.51. The van der Waals surface area contributed by atoms with Crippen LogP contribution in [-0.2, 0) is 14.4 Å². The fourth-order valence-electron chi connectivity index (χ4n) is 2.71. The largest absolute Gasteiger partial charge is 0.487 e. The highest BCUT2D eigenvalue weighted by atomic mass is 35.5. The number of anilines is 2. The van der Waals surface area contributed by atoms with Crippen LogP contribution in [0, 0.1) is 0 Å². The number of benzene rings is 2. The molecule has 2 aromatic rings. The molecule has 1 fully saturated rings. The normalized spacial score (nSPS) is 16.7. The van der Waals surface area contributed by atoms with Gasteiger partial charge in [0.2, 0.25) is 17.7 Å². The van der Waals surface area contributed by atoms with Gasteiger partial charge in [-0.1, -0.05) is 11.6 Å². The van der Waals surface area contributed by atoms with E-state index >= 15 is 0 Å². The summed E-state index contributed by atoms with van der Waals surface area (Å²) in [5.74, 6) is -1.52. The van der Waals surface area contributed by atoms with Gasteiger partial charge in [-0.05, 0) is 48.5 Å². The number of alkyl halides is 3. The van der Waals surface area contributed by atoms with Gasteiger partial charge in [0.15, 0.2) is 0 Å². The summed E-state index contributed by atoms with van der Waals surface area (Å²) in [6, 6.07) is 11.5. The van der Waals surface area contributed by atoms with Gasteiger partial charge in [-0.25, -0.2) is 4.90 Å². The second-order valence-electron chi connectivity index (χ2n) is 6.17. The van der Waals surface area contributed by atoms with Gasteiger partial charge in [0.25, 0.3) is 0 Å². The lowest BCUT2D eigenvalue weighted by Gasteiger charge is -2.16. The van der Waals surface area contributed by atoms with Crippen LogP contribution in [0.4, 0.5) is 20.2 Å². The number of amides is 3. The molecule has 1 atom stereocenters. The molecule has 6 nitrogen and oxygen atoms in total. The molecular weight excluding hydrogens is 461 g/mol. The summed E-state index contributed by atoms with van der Waals surface area (Å²) in [6.07, 6.45) is -0.0737. The molecule has 1 N–H and O–H groups in total. The van der Waals surface area contributed by atoms with E-state index in [-0.39, 0.29) is 29.5 Å². The van der Waals surface area contributed by atoms with Crippen molar-refractivity contribution in [3.8, 4) is 5.75 Å². The highest BCUT2D eigenvalue weighted by Crippen LogP contribution is 2.32. The molecule has 0 radical (unpaired) electrons. The lowest BCUT2D eigenvalue weighted by molar-refractivity contribution is -0.121. The van der Waals surface area contributed by atoms with E-state index in [1.807, 2.05) is 0 Å². The van der Waals surface area contributed by atoms with Crippen LogP contribution < -0.4 is 15.0 Å². The van der Waals surface area contributed by atoms with Gasteiger partial charge in [-0.15, -0.1) is 20.5 Å². The molecule has 3 rings (SSSR count). The van der Waals surface area contributed by atoms with E-state index in [1.54, 1.807) is 24.3 Å². The molecule has 1 heterocycles. The Hall–Kier alpha value is -2.36. The summed E-state index contributed by atoms with van der Waals surface area (Å²) in [7, 11) is 0. The fourth-order valence-corrected chi connectivity index (χ4v) is 3.86. The van der Waals surface area contributed by atoms with Gasteiger partial charge in [-0.3, -0.25) is 14.4 Å². The zero-order chi connectivity index (χ0) is 21.9.